The first-order chi connectivity index (χ1) is 9.66. The number of ether oxygens (including phenoxy) is 1. The number of carbonyl (C=O) groups is 2. The summed E-state index contributed by atoms with van der Waals surface area (Å²) in [6, 6.07) is 9.63. The van der Waals surface area contributed by atoms with Gasteiger partial charge in [0, 0.05) is 19.0 Å². The highest BCUT2D eigenvalue weighted by Gasteiger charge is 2.28. The summed E-state index contributed by atoms with van der Waals surface area (Å²) in [5, 5.41) is 0. The van der Waals surface area contributed by atoms with Crippen LogP contribution < -0.4 is 0 Å². The molecule has 1 atom stereocenters. The second-order valence-electron chi connectivity index (χ2n) is 5.29. The zero-order valence-electron chi connectivity index (χ0n) is 11.9. The predicted octanol–water partition coefficient (Wildman–Crippen LogP) is 3.16. The van der Waals surface area contributed by atoms with Crippen molar-refractivity contribution in [2.45, 2.75) is 45.3 Å². The van der Waals surface area contributed by atoms with E-state index in [9.17, 15) is 9.59 Å². The molecule has 0 spiro atoms. The smallest absolute Gasteiger partial charge is 0.410 e. The maximum absolute atomic E-state index is 12.2. The average molecular weight is 275 g/mol. The Hall–Kier alpha value is -1.84. The molecule has 0 N–H and O–H groups in total. The number of likely N-dealkylation sites (tertiary alicyclic amines) is 1. The first-order valence-electron chi connectivity index (χ1n) is 7.13. The zero-order chi connectivity index (χ0) is 14.4. The number of rotatable bonds is 4. The molecule has 0 radical (unpaired) electrons. The highest BCUT2D eigenvalue weighted by Crippen LogP contribution is 2.21. The molecule has 2 rings (SSSR count). The van der Waals surface area contributed by atoms with E-state index in [0.717, 1.165) is 24.8 Å². The lowest BCUT2D eigenvalue weighted by molar-refractivity contribution is -0.118. The van der Waals surface area contributed by atoms with Gasteiger partial charge in [0.25, 0.3) is 0 Å². The minimum atomic E-state index is -0.306. The third-order valence-electron chi connectivity index (χ3n) is 3.59. The van der Waals surface area contributed by atoms with Crippen molar-refractivity contribution in [2.75, 3.05) is 6.54 Å². The van der Waals surface area contributed by atoms with Crippen LogP contribution in [0.25, 0.3) is 0 Å². The first kappa shape index (κ1) is 14.6. The molecule has 0 saturated carbocycles. The second-order valence-corrected chi connectivity index (χ2v) is 5.29. The molecule has 1 heterocycles. The van der Waals surface area contributed by atoms with Crippen LogP contribution in [0.2, 0.25) is 0 Å². The molecule has 1 aliphatic heterocycles. The van der Waals surface area contributed by atoms with Crippen molar-refractivity contribution >= 4 is 11.9 Å². The Bertz CT molecular complexity index is 458. The van der Waals surface area contributed by atoms with Gasteiger partial charge in [-0.25, -0.2) is 4.79 Å². The maximum Gasteiger partial charge on any atom is 0.410 e. The first-order valence-corrected chi connectivity index (χ1v) is 7.13. The van der Waals surface area contributed by atoms with Gasteiger partial charge in [-0.3, -0.25) is 4.79 Å². The summed E-state index contributed by atoms with van der Waals surface area (Å²) in [7, 11) is 0. The van der Waals surface area contributed by atoms with Crippen LogP contribution in [0, 0.1) is 0 Å². The normalized spacial score (nSPS) is 18.6. The van der Waals surface area contributed by atoms with Crippen LogP contribution in [0.1, 0.15) is 38.2 Å². The molecule has 1 aliphatic rings. The third-order valence-corrected chi connectivity index (χ3v) is 3.59. The van der Waals surface area contributed by atoms with E-state index in [1.807, 2.05) is 30.3 Å². The Morgan fingerprint density at radius 2 is 2.00 bits per heavy atom. The van der Waals surface area contributed by atoms with Gasteiger partial charge in [0.15, 0.2) is 0 Å². The lowest BCUT2D eigenvalue weighted by Crippen LogP contribution is -2.44. The number of piperidine rings is 1. The summed E-state index contributed by atoms with van der Waals surface area (Å²) in [5.41, 5.74) is 0.973. The summed E-state index contributed by atoms with van der Waals surface area (Å²) < 4.78 is 5.36. The Labute approximate surface area is 119 Å². The summed E-state index contributed by atoms with van der Waals surface area (Å²) in [5.74, 6) is 0.123. The summed E-state index contributed by atoms with van der Waals surface area (Å²) in [6.45, 7) is 2.54. The third kappa shape index (κ3) is 4.08. The van der Waals surface area contributed by atoms with Gasteiger partial charge >= 0.3 is 6.09 Å². The lowest BCUT2D eigenvalue weighted by Gasteiger charge is -2.34. The monoisotopic (exact) mass is 275 g/mol. The Morgan fingerprint density at radius 1 is 1.25 bits per heavy atom. The number of ketones is 1. The number of Topliss-reactive ketones (excluding diaryl/α,β-unsaturated/α-hetero) is 1. The van der Waals surface area contributed by atoms with E-state index in [2.05, 4.69) is 0 Å². The maximum atomic E-state index is 12.2. The molecule has 4 nitrogen and oxygen atoms in total. The van der Waals surface area contributed by atoms with Crippen molar-refractivity contribution in [2.24, 2.45) is 0 Å². The van der Waals surface area contributed by atoms with Crippen molar-refractivity contribution in [1.29, 1.82) is 0 Å². The van der Waals surface area contributed by atoms with E-state index < -0.39 is 0 Å². The van der Waals surface area contributed by atoms with E-state index in [1.165, 1.54) is 0 Å². The standard InChI is InChI=1S/C16H21NO3/c1-13(18)11-15-9-5-6-10-17(15)16(19)20-12-14-7-3-2-4-8-14/h2-4,7-8,15H,5-6,9-12H2,1H3/t15-/m1/s1. The van der Waals surface area contributed by atoms with E-state index >= 15 is 0 Å². The van der Waals surface area contributed by atoms with Crippen LogP contribution in [0.3, 0.4) is 0 Å². The lowest BCUT2D eigenvalue weighted by atomic mass is 9.98. The van der Waals surface area contributed by atoms with Crippen LogP contribution in [-0.2, 0) is 16.1 Å². The molecule has 108 valence electrons. The van der Waals surface area contributed by atoms with Gasteiger partial charge in [-0.2, -0.15) is 0 Å². The van der Waals surface area contributed by atoms with Crippen LogP contribution >= 0.6 is 0 Å². The largest absolute Gasteiger partial charge is 0.445 e. The van der Waals surface area contributed by atoms with Crippen molar-refractivity contribution < 1.29 is 14.3 Å². The molecule has 0 unspecified atom stereocenters. The molecule has 1 aromatic carbocycles. The number of amides is 1. The minimum absolute atomic E-state index is 0.00419. The fraction of sp³-hybridized carbons (Fsp3) is 0.500. The van der Waals surface area contributed by atoms with Crippen LogP contribution in [-0.4, -0.2) is 29.4 Å². The summed E-state index contributed by atoms with van der Waals surface area (Å²) in [4.78, 5) is 25.2. The van der Waals surface area contributed by atoms with Crippen LogP contribution in [0.15, 0.2) is 30.3 Å². The summed E-state index contributed by atoms with van der Waals surface area (Å²) >= 11 is 0. The predicted molar refractivity (Wildman–Crippen MR) is 76.3 cm³/mol. The van der Waals surface area contributed by atoms with E-state index in [0.29, 0.717) is 13.0 Å². The Morgan fingerprint density at radius 3 is 2.70 bits per heavy atom. The Kier molecular flexibility index (Phi) is 5.16. The average Bonchev–Trinajstić information content (AvgIpc) is 2.46. The molecule has 0 bridgehead atoms. The SMILES string of the molecule is CC(=O)C[C@H]1CCCCN1C(=O)OCc1ccccc1. The van der Waals surface area contributed by atoms with Gasteiger partial charge in [-0.15, -0.1) is 0 Å². The van der Waals surface area contributed by atoms with E-state index in [4.69, 9.17) is 4.74 Å². The van der Waals surface area contributed by atoms with Crippen molar-refractivity contribution in [1.82, 2.24) is 4.90 Å². The second kappa shape index (κ2) is 7.08. The number of nitrogens with zero attached hydrogens (tertiary/aromatic N) is 1. The van der Waals surface area contributed by atoms with Crippen LogP contribution in [0.5, 0.6) is 0 Å². The van der Waals surface area contributed by atoms with Gasteiger partial charge in [-0.05, 0) is 31.7 Å². The van der Waals surface area contributed by atoms with Gasteiger partial charge in [0.2, 0.25) is 0 Å². The number of benzene rings is 1. The molecule has 4 heteroatoms. The molecule has 0 aromatic heterocycles. The molecule has 1 aromatic rings. The molecule has 1 saturated heterocycles. The zero-order valence-corrected chi connectivity index (χ0v) is 11.9. The van der Waals surface area contributed by atoms with Crippen molar-refractivity contribution in [3.05, 3.63) is 35.9 Å². The highest BCUT2D eigenvalue weighted by atomic mass is 16.6. The van der Waals surface area contributed by atoms with Crippen LogP contribution in [0.4, 0.5) is 4.79 Å². The highest BCUT2D eigenvalue weighted by molar-refractivity contribution is 5.77. The minimum Gasteiger partial charge on any atom is -0.445 e. The van der Waals surface area contributed by atoms with Crippen molar-refractivity contribution in [3.63, 3.8) is 0 Å². The van der Waals surface area contributed by atoms with E-state index in [-0.39, 0.29) is 24.5 Å². The molecular weight excluding hydrogens is 254 g/mol. The molecule has 0 aliphatic carbocycles. The van der Waals surface area contributed by atoms with Gasteiger partial charge in [0.1, 0.15) is 12.4 Å². The Balaban J connectivity index is 1.90. The molecule has 1 fully saturated rings. The van der Waals surface area contributed by atoms with Gasteiger partial charge in [0.05, 0.1) is 0 Å². The number of hydrogen-bond donors (Lipinski definition) is 0. The molecular formula is C16H21NO3. The van der Waals surface area contributed by atoms with E-state index in [1.54, 1.807) is 11.8 Å². The fourth-order valence-corrected chi connectivity index (χ4v) is 2.59. The quantitative estimate of drug-likeness (QED) is 0.848. The number of hydrogen-bond acceptors (Lipinski definition) is 3. The van der Waals surface area contributed by atoms with Crippen molar-refractivity contribution in [3.8, 4) is 0 Å². The number of carbonyl (C=O) groups excluding carboxylic acids is 2. The van der Waals surface area contributed by atoms with Gasteiger partial charge in [-0.1, -0.05) is 30.3 Å². The fourth-order valence-electron chi connectivity index (χ4n) is 2.59. The topological polar surface area (TPSA) is 46.6 Å². The summed E-state index contributed by atoms with van der Waals surface area (Å²) in [6.07, 6.45) is 3.07. The molecule has 1 amide bonds. The molecule has 20 heavy (non-hydrogen) atoms. The van der Waals surface area contributed by atoms with Gasteiger partial charge < -0.3 is 9.64 Å².